The van der Waals surface area contributed by atoms with E-state index in [4.69, 9.17) is 8.94 Å². The van der Waals surface area contributed by atoms with Crippen LogP contribution in [0.2, 0.25) is 0 Å². The molecule has 8 heteroatoms. The van der Waals surface area contributed by atoms with E-state index in [1.807, 2.05) is 0 Å². The number of alkyl halides is 3. The van der Waals surface area contributed by atoms with E-state index >= 15 is 0 Å². The van der Waals surface area contributed by atoms with Crippen LogP contribution >= 0.6 is 0 Å². The molecule has 4 aromatic rings. The molecule has 0 aliphatic rings. The van der Waals surface area contributed by atoms with E-state index in [-0.39, 0.29) is 17.3 Å². The summed E-state index contributed by atoms with van der Waals surface area (Å²) in [6.07, 6.45) is -4.51. The van der Waals surface area contributed by atoms with Crippen molar-refractivity contribution in [3.05, 3.63) is 53.9 Å². The maximum atomic E-state index is 13.1. The Balaban J connectivity index is 1.77. The fourth-order valence-corrected chi connectivity index (χ4v) is 2.55. The first kappa shape index (κ1) is 15.4. The number of hydrogen-bond donors (Lipinski definition) is 0. The lowest BCUT2D eigenvalue weighted by Crippen LogP contribution is -2.06. The quantitative estimate of drug-likeness (QED) is 0.518. The van der Waals surface area contributed by atoms with Crippen molar-refractivity contribution in [2.45, 2.75) is 13.1 Å². The lowest BCUT2D eigenvalue weighted by atomic mass is 10.1. The molecule has 0 aliphatic heterocycles. The highest BCUT2D eigenvalue weighted by atomic mass is 19.4. The van der Waals surface area contributed by atoms with E-state index in [1.54, 1.807) is 25.1 Å². The normalized spacial score (nSPS) is 12.0. The van der Waals surface area contributed by atoms with E-state index in [1.165, 1.54) is 18.2 Å². The Labute approximate surface area is 139 Å². The molecule has 0 amide bonds. The molecular formula is C17H10F3N3O2. The average molecular weight is 345 g/mol. The van der Waals surface area contributed by atoms with Crippen molar-refractivity contribution >= 4 is 11.1 Å². The zero-order valence-electron chi connectivity index (χ0n) is 12.8. The smallest absolute Gasteiger partial charge is 0.417 e. The number of halogens is 3. The molecule has 0 saturated carbocycles. The molecule has 0 unspecified atom stereocenters. The standard InChI is InChI=1S/C17H10F3N3O2/c1-9-21-13-8-10(6-7-14(13)24-9)15-22-16(25-23-15)11-4-2-3-5-12(11)17(18,19)20/h2-8H,1H3. The highest BCUT2D eigenvalue weighted by molar-refractivity contribution is 5.78. The topological polar surface area (TPSA) is 65.0 Å². The summed E-state index contributed by atoms with van der Waals surface area (Å²) < 4.78 is 49.8. The molecule has 0 atom stereocenters. The van der Waals surface area contributed by atoms with Gasteiger partial charge in [-0.25, -0.2) is 4.98 Å². The van der Waals surface area contributed by atoms with Crippen molar-refractivity contribution in [1.29, 1.82) is 0 Å². The summed E-state index contributed by atoms with van der Waals surface area (Å²) in [5, 5.41) is 3.79. The number of aromatic nitrogens is 3. The zero-order chi connectivity index (χ0) is 17.6. The Hall–Kier alpha value is -3.16. The molecule has 0 bridgehead atoms. The maximum Gasteiger partial charge on any atom is 0.417 e. The highest BCUT2D eigenvalue weighted by Crippen LogP contribution is 2.36. The van der Waals surface area contributed by atoms with Gasteiger partial charge in [0.05, 0.1) is 11.1 Å². The van der Waals surface area contributed by atoms with E-state index in [0.29, 0.717) is 22.6 Å². The van der Waals surface area contributed by atoms with Crippen molar-refractivity contribution in [3.63, 3.8) is 0 Å². The number of oxazole rings is 1. The van der Waals surface area contributed by atoms with Gasteiger partial charge in [0.25, 0.3) is 5.89 Å². The molecule has 0 radical (unpaired) electrons. The molecular weight excluding hydrogens is 335 g/mol. The van der Waals surface area contributed by atoms with Crippen LogP contribution in [0.3, 0.4) is 0 Å². The summed E-state index contributed by atoms with van der Waals surface area (Å²) in [6, 6.07) is 10.1. The number of rotatable bonds is 2. The number of hydrogen-bond acceptors (Lipinski definition) is 5. The Morgan fingerprint density at radius 1 is 1.00 bits per heavy atom. The monoisotopic (exact) mass is 345 g/mol. The summed E-state index contributed by atoms with van der Waals surface area (Å²) in [5.41, 5.74) is 0.796. The predicted octanol–water partition coefficient (Wildman–Crippen LogP) is 4.87. The van der Waals surface area contributed by atoms with Crippen molar-refractivity contribution in [2.24, 2.45) is 0 Å². The van der Waals surface area contributed by atoms with E-state index in [0.717, 1.165) is 6.07 Å². The van der Waals surface area contributed by atoms with Gasteiger partial charge in [0.1, 0.15) is 5.52 Å². The number of benzene rings is 2. The second kappa shape index (κ2) is 5.44. The molecule has 2 aromatic heterocycles. The lowest BCUT2D eigenvalue weighted by Gasteiger charge is -2.09. The van der Waals surface area contributed by atoms with Crippen molar-refractivity contribution in [3.8, 4) is 22.8 Å². The molecule has 126 valence electrons. The molecule has 0 fully saturated rings. The first-order chi connectivity index (χ1) is 11.9. The van der Waals surface area contributed by atoms with Crippen LogP contribution in [0.4, 0.5) is 13.2 Å². The fraction of sp³-hybridized carbons (Fsp3) is 0.118. The van der Waals surface area contributed by atoms with Gasteiger partial charge in [0, 0.05) is 12.5 Å². The largest absolute Gasteiger partial charge is 0.441 e. The van der Waals surface area contributed by atoms with Crippen LogP contribution in [-0.2, 0) is 6.18 Å². The van der Waals surface area contributed by atoms with Crippen LogP contribution in [-0.4, -0.2) is 15.1 Å². The molecule has 2 heterocycles. The Bertz CT molecular complexity index is 1070. The minimum atomic E-state index is -4.51. The number of nitrogens with zero attached hydrogens (tertiary/aromatic N) is 3. The lowest BCUT2D eigenvalue weighted by molar-refractivity contribution is -0.137. The Kier molecular flexibility index (Phi) is 3.34. The summed E-state index contributed by atoms with van der Waals surface area (Å²) in [6.45, 7) is 1.72. The van der Waals surface area contributed by atoms with Gasteiger partial charge < -0.3 is 8.94 Å². The third-order valence-electron chi connectivity index (χ3n) is 3.64. The second-order valence-corrected chi connectivity index (χ2v) is 5.38. The van der Waals surface area contributed by atoms with Crippen LogP contribution < -0.4 is 0 Å². The van der Waals surface area contributed by atoms with Gasteiger partial charge in [-0.1, -0.05) is 17.3 Å². The van der Waals surface area contributed by atoms with Crippen LogP contribution in [0.25, 0.3) is 33.9 Å². The molecule has 2 aromatic carbocycles. The molecule has 0 spiro atoms. The van der Waals surface area contributed by atoms with Crippen molar-refractivity contribution in [1.82, 2.24) is 15.1 Å². The van der Waals surface area contributed by atoms with Crippen LogP contribution in [0, 0.1) is 6.92 Å². The molecule has 0 aliphatic carbocycles. The number of fused-ring (bicyclic) bond motifs is 1. The van der Waals surface area contributed by atoms with Crippen LogP contribution in [0.5, 0.6) is 0 Å². The van der Waals surface area contributed by atoms with Gasteiger partial charge in [-0.3, -0.25) is 0 Å². The van der Waals surface area contributed by atoms with Crippen LogP contribution in [0.1, 0.15) is 11.5 Å². The van der Waals surface area contributed by atoms with Gasteiger partial charge in [0.2, 0.25) is 5.82 Å². The van der Waals surface area contributed by atoms with Crippen molar-refractivity contribution in [2.75, 3.05) is 0 Å². The van der Waals surface area contributed by atoms with E-state index in [9.17, 15) is 13.2 Å². The Morgan fingerprint density at radius 2 is 1.80 bits per heavy atom. The fourth-order valence-electron chi connectivity index (χ4n) is 2.55. The third-order valence-corrected chi connectivity index (χ3v) is 3.64. The van der Waals surface area contributed by atoms with Gasteiger partial charge in [0.15, 0.2) is 11.5 Å². The molecule has 25 heavy (non-hydrogen) atoms. The molecule has 5 nitrogen and oxygen atoms in total. The minimum absolute atomic E-state index is 0.160. The van der Waals surface area contributed by atoms with E-state index in [2.05, 4.69) is 15.1 Å². The SMILES string of the molecule is Cc1nc2cc(-c3noc(-c4ccccc4C(F)(F)F)n3)ccc2o1. The number of aryl methyl sites for hydroxylation is 1. The summed E-state index contributed by atoms with van der Waals surface area (Å²) in [4.78, 5) is 8.31. The molecule has 0 saturated heterocycles. The second-order valence-electron chi connectivity index (χ2n) is 5.38. The summed E-state index contributed by atoms with van der Waals surface area (Å²) in [7, 11) is 0. The summed E-state index contributed by atoms with van der Waals surface area (Å²) >= 11 is 0. The van der Waals surface area contributed by atoms with Gasteiger partial charge in [-0.15, -0.1) is 0 Å². The predicted molar refractivity (Wildman–Crippen MR) is 82.5 cm³/mol. The third kappa shape index (κ3) is 2.75. The summed E-state index contributed by atoms with van der Waals surface area (Å²) in [5.74, 6) is 0.494. The molecule has 0 N–H and O–H groups in total. The first-order valence-corrected chi connectivity index (χ1v) is 7.30. The van der Waals surface area contributed by atoms with Gasteiger partial charge >= 0.3 is 6.18 Å². The van der Waals surface area contributed by atoms with Crippen molar-refractivity contribution < 1.29 is 22.1 Å². The zero-order valence-corrected chi connectivity index (χ0v) is 12.8. The average Bonchev–Trinajstić information content (AvgIpc) is 3.18. The molecule has 4 rings (SSSR count). The van der Waals surface area contributed by atoms with Crippen LogP contribution in [0.15, 0.2) is 51.4 Å². The highest BCUT2D eigenvalue weighted by Gasteiger charge is 2.34. The Morgan fingerprint density at radius 3 is 2.60 bits per heavy atom. The van der Waals surface area contributed by atoms with E-state index < -0.39 is 11.7 Å². The van der Waals surface area contributed by atoms with Gasteiger partial charge in [-0.05, 0) is 30.3 Å². The first-order valence-electron chi connectivity index (χ1n) is 7.30. The maximum absolute atomic E-state index is 13.1. The van der Waals surface area contributed by atoms with Gasteiger partial charge in [-0.2, -0.15) is 18.2 Å². The minimum Gasteiger partial charge on any atom is -0.441 e.